The number of thiophene rings is 2. The third-order valence-electron chi connectivity index (χ3n) is 8.65. The van der Waals surface area contributed by atoms with Crippen LogP contribution in [0, 0.1) is 11.8 Å². The Morgan fingerprint density at radius 1 is 1.14 bits per heavy atom. The van der Waals surface area contributed by atoms with E-state index in [-0.39, 0.29) is 6.10 Å². The van der Waals surface area contributed by atoms with Crippen LogP contribution in [0.3, 0.4) is 0 Å². The second-order valence-corrected chi connectivity index (χ2v) is 13.0. The van der Waals surface area contributed by atoms with Gasteiger partial charge in [0.05, 0.1) is 43.0 Å². The van der Waals surface area contributed by atoms with E-state index >= 15 is 0 Å². The maximum Gasteiger partial charge on any atom is 0.349 e. The zero-order chi connectivity index (χ0) is 24.9. The summed E-state index contributed by atoms with van der Waals surface area (Å²) in [6, 6.07) is 14.5. The standard InChI is InChI=1S/C29H34NO4S2/c1-30(2,13-11-19-7-10-23-20(17-19)12-14-33-23)27-21-8-9-22(27)24(18-21)34-28(31)29(32,25-5-3-15-35-25)26-6-4-16-36-26/h3-7,10,15-17,21-22,24,27,32H,8-9,11-14,18H2,1-2H3/q+1/t21?,22-,24-,27?/m1/s1. The summed E-state index contributed by atoms with van der Waals surface area (Å²) >= 11 is 2.78. The van der Waals surface area contributed by atoms with E-state index < -0.39 is 11.6 Å². The molecule has 2 unspecified atom stereocenters. The molecule has 190 valence electrons. The lowest BCUT2D eigenvalue weighted by molar-refractivity contribution is -0.919. The summed E-state index contributed by atoms with van der Waals surface area (Å²) in [4.78, 5) is 14.8. The monoisotopic (exact) mass is 524 g/mol. The molecule has 36 heavy (non-hydrogen) atoms. The highest BCUT2D eigenvalue weighted by molar-refractivity contribution is 7.12. The molecule has 2 bridgehead atoms. The highest BCUT2D eigenvalue weighted by Crippen LogP contribution is 2.51. The average Bonchev–Trinajstić information content (AvgIpc) is 3.70. The summed E-state index contributed by atoms with van der Waals surface area (Å²) < 4.78 is 12.8. The minimum absolute atomic E-state index is 0.137. The first-order chi connectivity index (χ1) is 17.4. The van der Waals surface area contributed by atoms with E-state index in [1.807, 2.05) is 35.0 Å². The maximum absolute atomic E-state index is 13.6. The lowest BCUT2D eigenvalue weighted by atomic mass is 9.96. The van der Waals surface area contributed by atoms with Crippen LogP contribution in [0.15, 0.2) is 53.2 Å². The van der Waals surface area contributed by atoms with Gasteiger partial charge in [-0.2, -0.15) is 0 Å². The molecule has 1 N–H and O–H groups in total. The molecule has 0 saturated heterocycles. The van der Waals surface area contributed by atoms with Gasteiger partial charge in [-0.25, -0.2) is 4.79 Å². The number of likely N-dealkylation sites (N-methyl/N-ethyl adjacent to an activating group) is 1. The molecule has 2 aromatic heterocycles. The Balaban J connectivity index is 1.16. The zero-order valence-electron chi connectivity index (χ0n) is 20.9. The molecule has 2 fully saturated rings. The van der Waals surface area contributed by atoms with Gasteiger partial charge in [-0.15, -0.1) is 22.7 Å². The number of hydrogen-bond acceptors (Lipinski definition) is 6. The highest BCUT2D eigenvalue weighted by Gasteiger charge is 2.58. The van der Waals surface area contributed by atoms with Gasteiger partial charge in [0, 0.05) is 24.7 Å². The molecule has 2 saturated carbocycles. The van der Waals surface area contributed by atoms with Crippen molar-refractivity contribution in [1.29, 1.82) is 0 Å². The molecule has 0 radical (unpaired) electrons. The number of esters is 1. The van der Waals surface area contributed by atoms with Gasteiger partial charge in [-0.05, 0) is 59.3 Å². The number of hydrogen-bond donors (Lipinski definition) is 1. The third-order valence-corrected chi connectivity index (χ3v) is 10.6. The molecule has 4 atom stereocenters. The van der Waals surface area contributed by atoms with Crippen molar-refractivity contribution in [3.05, 3.63) is 74.1 Å². The van der Waals surface area contributed by atoms with Gasteiger partial charge in [-0.1, -0.05) is 24.3 Å². The van der Waals surface area contributed by atoms with Crippen LogP contribution in [0.1, 0.15) is 40.1 Å². The van der Waals surface area contributed by atoms with Crippen molar-refractivity contribution < 1.29 is 23.9 Å². The van der Waals surface area contributed by atoms with Crippen LogP contribution in [-0.2, 0) is 28.0 Å². The van der Waals surface area contributed by atoms with E-state index in [0.29, 0.717) is 27.6 Å². The summed E-state index contributed by atoms with van der Waals surface area (Å²) in [5.74, 6) is 1.39. The quantitative estimate of drug-likeness (QED) is 0.333. The number of nitrogens with zero attached hydrogens (tertiary/aromatic N) is 1. The van der Waals surface area contributed by atoms with Crippen molar-refractivity contribution in [2.24, 2.45) is 11.8 Å². The van der Waals surface area contributed by atoms with E-state index in [1.165, 1.54) is 40.2 Å². The minimum Gasteiger partial charge on any atom is -0.493 e. The Hall–Kier alpha value is -2.19. The Morgan fingerprint density at radius 2 is 1.89 bits per heavy atom. The molecule has 7 heteroatoms. The molecule has 2 aliphatic carbocycles. The number of carbonyl (C=O) groups excluding carboxylic acids is 1. The summed E-state index contributed by atoms with van der Waals surface area (Å²) in [5, 5.41) is 15.5. The SMILES string of the molecule is C[N+](C)(CCc1ccc2c(c1)CCO2)C1C2CC[C@@H]1[C@H](OC(=O)C(O)(c1cccs1)c1cccs1)C2. The molecule has 3 aliphatic rings. The molecule has 0 amide bonds. The molecule has 3 heterocycles. The predicted molar refractivity (Wildman–Crippen MR) is 142 cm³/mol. The first-order valence-electron chi connectivity index (χ1n) is 12.9. The molecule has 1 aromatic carbocycles. The lowest BCUT2D eigenvalue weighted by Crippen LogP contribution is -2.53. The van der Waals surface area contributed by atoms with Crippen molar-refractivity contribution in [3.8, 4) is 5.75 Å². The van der Waals surface area contributed by atoms with E-state index in [2.05, 4.69) is 32.3 Å². The number of benzene rings is 1. The molecule has 3 aromatic rings. The first kappa shape index (κ1) is 24.2. The molecule has 1 aliphatic heterocycles. The van der Waals surface area contributed by atoms with Gasteiger partial charge in [0.15, 0.2) is 0 Å². The van der Waals surface area contributed by atoms with Gasteiger partial charge in [0.1, 0.15) is 11.9 Å². The van der Waals surface area contributed by atoms with Crippen molar-refractivity contribution in [2.75, 3.05) is 27.2 Å². The molecule has 6 rings (SSSR count). The Labute approximate surface area is 220 Å². The third kappa shape index (κ3) is 4.10. The number of rotatable bonds is 8. The number of quaternary nitrogens is 1. The Bertz CT molecular complexity index is 1190. The maximum atomic E-state index is 13.6. The van der Waals surface area contributed by atoms with Crippen LogP contribution in [0.2, 0.25) is 0 Å². The Kier molecular flexibility index (Phi) is 6.23. The lowest BCUT2D eigenvalue weighted by Gasteiger charge is -2.39. The second-order valence-electron chi connectivity index (χ2n) is 11.1. The zero-order valence-corrected chi connectivity index (χ0v) is 22.5. The van der Waals surface area contributed by atoms with E-state index in [4.69, 9.17) is 9.47 Å². The number of fused-ring (bicyclic) bond motifs is 3. The fourth-order valence-corrected chi connectivity index (χ4v) is 8.65. The average molecular weight is 525 g/mol. The molecule has 0 spiro atoms. The molecular weight excluding hydrogens is 490 g/mol. The first-order valence-corrected chi connectivity index (χ1v) is 14.7. The summed E-state index contributed by atoms with van der Waals surface area (Å²) in [7, 11) is 4.68. The van der Waals surface area contributed by atoms with Gasteiger partial charge >= 0.3 is 5.97 Å². The fraction of sp³-hybridized carbons (Fsp3) is 0.483. The van der Waals surface area contributed by atoms with Crippen LogP contribution in [0.5, 0.6) is 5.75 Å². The van der Waals surface area contributed by atoms with Gasteiger partial charge in [0.25, 0.3) is 0 Å². The van der Waals surface area contributed by atoms with Crippen LogP contribution in [0.4, 0.5) is 0 Å². The van der Waals surface area contributed by atoms with Crippen molar-refractivity contribution in [1.82, 2.24) is 0 Å². The van der Waals surface area contributed by atoms with Crippen LogP contribution in [0.25, 0.3) is 0 Å². The largest absolute Gasteiger partial charge is 0.493 e. The summed E-state index contributed by atoms with van der Waals surface area (Å²) in [6.45, 7) is 1.84. The van der Waals surface area contributed by atoms with Gasteiger partial charge < -0.3 is 19.1 Å². The highest BCUT2D eigenvalue weighted by atomic mass is 32.1. The Morgan fingerprint density at radius 3 is 2.58 bits per heavy atom. The summed E-state index contributed by atoms with van der Waals surface area (Å²) in [6.07, 6.45) is 5.07. The molecule has 5 nitrogen and oxygen atoms in total. The van der Waals surface area contributed by atoms with Crippen molar-refractivity contribution in [3.63, 3.8) is 0 Å². The number of aliphatic hydroxyl groups is 1. The smallest absolute Gasteiger partial charge is 0.349 e. The fourth-order valence-electron chi connectivity index (χ4n) is 6.93. The normalized spacial score (nSPS) is 25.1. The van der Waals surface area contributed by atoms with Crippen LogP contribution < -0.4 is 4.74 Å². The predicted octanol–water partition coefficient (Wildman–Crippen LogP) is 5.01. The van der Waals surface area contributed by atoms with Crippen LogP contribution in [-0.4, -0.2) is 55.0 Å². The second kappa shape index (κ2) is 9.28. The number of carbonyl (C=O) groups is 1. The van der Waals surface area contributed by atoms with E-state index in [9.17, 15) is 9.90 Å². The van der Waals surface area contributed by atoms with Crippen molar-refractivity contribution >= 4 is 28.6 Å². The van der Waals surface area contributed by atoms with Crippen LogP contribution >= 0.6 is 22.7 Å². The minimum atomic E-state index is -1.73. The van der Waals surface area contributed by atoms with E-state index in [1.54, 1.807) is 0 Å². The topological polar surface area (TPSA) is 55.8 Å². The molecular formula is C29H34NO4S2+. The van der Waals surface area contributed by atoms with Gasteiger partial charge in [-0.3, -0.25) is 0 Å². The number of ether oxygens (including phenoxy) is 2. The summed E-state index contributed by atoms with van der Waals surface area (Å²) in [5.41, 5.74) is 0.965. The van der Waals surface area contributed by atoms with Crippen molar-refractivity contribution in [2.45, 2.75) is 49.9 Å². The van der Waals surface area contributed by atoms with E-state index in [0.717, 1.165) is 49.1 Å². The van der Waals surface area contributed by atoms with Gasteiger partial charge in [0.2, 0.25) is 5.60 Å².